The minimum Gasteiger partial charge on any atom is -0.490 e. The molecular formula is C14H16ClNO2. The van der Waals surface area contributed by atoms with Crippen molar-refractivity contribution >= 4 is 16.6 Å². The monoisotopic (exact) mass is 265 g/mol. The van der Waals surface area contributed by atoms with Gasteiger partial charge < -0.3 is 9.47 Å². The molecule has 0 aliphatic heterocycles. The van der Waals surface area contributed by atoms with E-state index in [1.54, 1.807) is 19.1 Å². The van der Waals surface area contributed by atoms with Gasteiger partial charge in [0.25, 0.3) is 0 Å². The quantitative estimate of drug-likeness (QED) is 0.757. The van der Waals surface area contributed by atoms with Crippen LogP contribution >= 0.6 is 11.6 Å². The molecule has 0 saturated carbocycles. The maximum absolute atomic E-state index is 8.83. The van der Waals surface area contributed by atoms with Gasteiger partial charge in [-0.15, -0.1) is 0 Å². The molecule has 1 aromatic rings. The lowest BCUT2D eigenvalue weighted by atomic mass is 10.1. The summed E-state index contributed by atoms with van der Waals surface area (Å²) in [5.41, 5.74) is 1.23. The second-order valence-corrected chi connectivity index (χ2v) is 3.96. The lowest BCUT2D eigenvalue weighted by Gasteiger charge is -2.12. The molecule has 3 nitrogen and oxygen atoms in total. The summed E-state index contributed by atoms with van der Waals surface area (Å²) in [4.78, 5) is 0. The number of benzene rings is 1. The maximum atomic E-state index is 8.83. The Balaban J connectivity index is 3.19. The summed E-state index contributed by atoms with van der Waals surface area (Å²) in [6.45, 7) is 6.61. The van der Waals surface area contributed by atoms with Gasteiger partial charge in [0.05, 0.1) is 24.3 Å². The van der Waals surface area contributed by atoms with Gasteiger partial charge in [-0.3, -0.25) is 0 Å². The van der Waals surface area contributed by atoms with E-state index >= 15 is 0 Å². The standard InChI is InChI=1S/C14H16ClNO2/c1-4-17-12-7-6-11(8-13(12)18-5-2)14(15)10(3)9-16/h6-8H,4-5H2,1-3H3. The van der Waals surface area contributed by atoms with Crippen molar-refractivity contribution in [3.05, 3.63) is 29.3 Å². The van der Waals surface area contributed by atoms with E-state index in [-0.39, 0.29) is 0 Å². The zero-order chi connectivity index (χ0) is 13.5. The first-order valence-electron chi connectivity index (χ1n) is 5.80. The fraction of sp³-hybridized carbons (Fsp3) is 0.357. The van der Waals surface area contributed by atoms with Crippen LogP contribution in [-0.2, 0) is 0 Å². The Kier molecular flexibility index (Phi) is 5.54. The van der Waals surface area contributed by atoms with E-state index < -0.39 is 0 Å². The predicted octanol–water partition coefficient (Wildman–Crippen LogP) is 3.98. The van der Waals surface area contributed by atoms with E-state index in [1.807, 2.05) is 26.0 Å². The maximum Gasteiger partial charge on any atom is 0.161 e. The molecule has 1 rings (SSSR count). The normalized spacial score (nSPS) is 11.5. The summed E-state index contributed by atoms with van der Waals surface area (Å²) in [5, 5.41) is 9.26. The van der Waals surface area contributed by atoms with Gasteiger partial charge in [-0.2, -0.15) is 5.26 Å². The Morgan fingerprint density at radius 1 is 1.22 bits per heavy atom. The van der Waals surface area contributed by atoms with E-state index in [0.717, 1.165) is 5.56 Å². The van der Waals surface area contributed by atoms with Gasteiger partial charge in [0, 0.05) is 5.57 Å². The van der Waals surface area contributed by atoms with E-state index in [1.165, 1.54) is 0 Å². The molecule has 0 heterocycles. The summed E-state index contributed by atoms with van der Waals surface area (Å²) in [6.07, 6.45) is 0. The van der Waals surface area contributed by atoms with Gasteiger partial charge >= 0.3 is 0 Å². The highest BCUT2D eigenvalue weighted by molar-refractivity contribution is 6.49. The third-order valence-electron chi connectivity index (χ3n) is 2.29. The molecule has 4 heteroatoms. The number of allylic oxidation sites excluding steroid dienone is 1. The van der Waals surface area contributed by atoms with Gasteiger partial charge in [0.2, 0.25) is 0 Å². The van der Waals surface area contributed by atoms with Crippen molar-refractivity contribution in [2.24, 2.45) is 0 Å². The third-order valence-corrected chi connectivity index (χ3v) is 2.80. The van der Waals surface area contributed by atoms with Crippen molar-refractivity contribution in [3.8, 4) is 17.6 Å². The van der Waals surface area contributed by atoms with Crippen molar-refractivity contribution in [1.29, 1.82) is 5.26 Å². The molecule has 0 unspecified atom stereocenters. The molecule has 0 spiro atoms. The summed E-state index contributed by atoms with van der Waals surface area (Å²) < 4.78 is 11.0. The number of nitrogens with zero attached hydrogens (tertiary/aromatic N) is 1. The second kappa shape index (κ2) is 6.93. The molecular weight excluding hydrogens is 250 g/mol. The van der Waals surface area contributed by atoms with Crippen molar-refractivity contribution in [2.75, 3.05) is 13.2 Å². The average molecular weight is 266 g/mol. The molecule has 0 fully saturated rings. The van der Waals surface area contributed by atoms with Crippen molar-refractivity contribution in [2.45, 2.75) is 20.8 Å². The Hall–Kier alpha value is -1.66. The molecule has 96 valence electrons. The van der Waals surface area contributed by atoms with Gasteiger partial charge in [-0.25, -0.2) is 0 Å². The highest BCUT2D eigenvalue weighted by Gasteiger charge is 2.09. The van der Waals surface area contributed by atoms with Crippen LogP contribution in [0.25, 0.3) is 5.03 Å². The smallest absolute Gasteiger partial charge is 0.161 e. The number of nitriles is 1. The number of hydrogen-bond donors (Lipinski definition) is 0. The fourth-order valence-corrected chi connectivity index (χ4v) is 1.61. The van der Waals surface area contributed by atoms with Crippen LogP contribution in [0.15, 0.2) is 23.8 Å². The van der Waals surface area contributed by atoms with Gasteiger partial charge in [0.15, 0.2) is 11.5 Å². The van der Waals surface area contributed by atoms with Crippen molar-refractivity contribution in [1.82, 2.24) is 0 Å². The Bertz CT molecular complexity index is 489. The molecule has 0 aromatic heterocycles. The molecule has 0 N–H and O–H groups in total. The van der Waals surface area contributed by atoms with Crippen LogP contribution in [-0.4, -0.2) is 13.2 Å². The summed E-state index contributed by atoms with van der Waals surface area (Å²) in [6, 6.07) is 7.44. The number of hydrogen-bond acceptors (Lipinski definition) is 3. The predicted molar refractivity (Wildman–Crippen MR) is 72.8 cm³/mol. The highest BCUT2D eigenvalue weighted by Crippen LogP contribution is 2.33. The number of rotatable bonds is 5. The van der Waals surface area contributed by atoms with E-state index in [0.29, 0.717) is 35.3 Å². The van der Waals surface area contributed by atoms with E-state index in [4.69, 9.17) is 26.3 Å². The van der Waals surface area contributed by atoms with Crippen LogP contribution in [0.4, 0.5) is 0 Å². The first-order chi connectivity index (χ1) is 8.63. The van der Waals surface area contributed by atoms with Crippen LogP contribution in [0, 0.1) is 11.3 Å². The number of ether oxygens (including phenoxy) is 2. The van der Waals surface area contributed by atoms with E-state index in [2.05, 4.69) is 0 Å². The van der Waals surface area contributed by atoms with Crippen LogP contribution in [0.2, 0.25) is 0 Å². The second-order valence-electron chi connectivity index (χ2n) is 3.58. The molecule has 0 bridgehead atoms. The third kappa shape index (κ3) is 3.41. The summed E-state index contributed by atoms with van der Waals surface area (Å²) in [7, 11) is 0. The zero-order valence-corrected chi connectivity index (χ0v) is 11.5. The molecule has 18 heavy (non-hydrogen) atoms. The zero-order valence-electron chi connectivity index (χ0n) is 10.8. The Labute approximate surface area is 113 Å². The molecule has 1 aromatic carbocycles. The summed E-state index contributed by atoms with van der Waals surface area (Å²) >= 11 is 6.12. The topological polar surface area (TPSA) is 42.2 Å². The Morgan fingerprint density at radius 2 is 1.83 bits per heavy atom. The summed E-state index contributed by atoms with van der Waals surface area (Å²) in [5.74, 6) is 1.32. The van der Waals surface area contributed by atoms with E-state index in [9.17, 15) is 0 Å². The molecule has 0 amide bonds. The highest BCUT2D eigenvalue weighted by atomic mass is 35.5. The lowest BCUT2D eigenvalue weighted by Crippen LogP contribution is -1.99. The first-order valence-corrected chi connectivity index (χ1v) is 6.18. The Morgan fingerprint density at radius 3 is 2.39 bits per heavy atom. The fourth-order valence-electron chi connectivity index (χ4n) is 1.45. The largest absolute Gasteiger partial charge is 0.490 e. The van der Waals surface area contributed by atoms with Crippen molar-refractivity contribution in [3.63, 3.8) is 0 Å². The minimum absolute atomic E-state index is 0.432. The molecule has 0 aliphatic rings. The van der Waals surface area contributed by atoms with Crippen LogP contribution in [0.1, 0.15) is 26.3 Å². The SMILES string of the molecule is CCOc1ccc(C(Cl)=C(C)C#N)cc1OCC. The van der Waals surface area contributed by atoms with Crippen LogP contribution < -0.4 is 9.47 Å². The number of halogens is 1. The van der Waals surface area contributed by atoms with Gasteiger partial charge in [-0.1, -0.05) is 11.6 Å². The van der Waals surface area contributed by atoms with Gasteiger partial charge in [0.1, 0.15) is 0 Å². The molecule has 0 saturated heterocycles. The van der Waals surface area contributed by atoms with Gasteiger partial charge in [-0.05, 0) is 44.5 Å². The van der Waals surface area contributed by atoms with Crippen LogP contribution in [0.5, 0.6) is 11.5 Å². The van der Waals surface area contributed by atoms with Crippen LogP contribution in [0.3, 0.4) is 0 Å². The minimum atomic E-state index is 0.432. The molecule has 0 atom stereocenters. The first kappa shape index (κ1) is 14.4. The molecule has 0 aliphatic carbocycles. The lowest BCUT2D eigenvalue weighted by molar-refractivity contribution is 0.287. The average Bonchev–Trinajstić information content (AvgIpc) is 2.39. The molecule has 0 radical (unpaired) electrons. The van der Waals surface area contributed by atoms with Crippen molar-refractivity contribution < 1.29 is 9.47 Å².